The first kappa shape index (κ1) is 12.3. The molecule has 0 saturated heterocycles. The molecule has 1 rings (SSSR count). The SMILES string of the molecule is O=C=Nc1ccc(S(=O)(=O)N=C=O)cc1Cl. The maximum absolute atomic E-state index is 11.3. The van der Waals surface area contributed by atoms with Crippen molar-refractivity contribution in [3.8, 4) is 0 Å². The molecule has 0 radical (unpaired) electrons. The quantitative estimate of drug-likeness (QED) is 0.604. The summed E-state index contributed by atoms with van der Waals surface area (Å²) < 4.78 is 25.2. The minimum atomic E-state index is -4.09. The van der Waals surface area contributed by atoms with Crippen LogP contribution < -0.4 is 0 Å². The first-order valence-corrected chi connectivity index (χ1v) is 5.54. The fourth-order valence-electron chi connectivity index (χ4n) is 0.890. The third kappa shape index (κ3) is 2.62. The molecule has 0 saturated carbocycles. The number of carbonyl (C=O) groups excluding carboxylic acids is 2. The summed E-state index contributed by atoms with van der Waals surface area (Å²) in [6, 6.07) is 3.33. The summed E-state index contributed by atoms with van der Waals surface area (Å²) in [6.07, 6.45) is 2.19. The van der Waals surface area contributed by atoms with Gasteiger partial charge in [-0.3, -0.25) is 0 Å². The van der Waals surface area contributed by atoms with Crippen LogP contribution in [0.1, 0.15) is 0 Å². The van der Waals surface area contributed by atoms with Crippen molar-refractivity contribution in [2.75, 3.05) is 0 Å². The summed E-state index contributed by atoms with van der Waals surface area (Å²) in [5, 5.41) is -0.0643. The van der Waals surface area contributed by atoms with Crippen LogP contribution in [0.25, 0.3) is 0 Å². The Labute approximate surface area is 95.3 Å². The van der Waals surface area contributed by atoms with Crippen LogP contribution in [0, 0.1) is 0 Å². The van der Waals surface area contributed by atoms with Crippen LogP contribution in [0.5, 0.6) is 0 Å². The molecule has 0 spiro atoms. The minimum Gasteiger partial charge on any atom is -0.211 e. The highest BCUT2D eigenvalue weighted by atomic mass is 35.5. The number of isocyanates is 2. The molecular formula is C8H3ClN2O4S. The van der Waals surface area contributed by atoms with E-state index in [4.69, 9.17) is 11.6 Å². The monoisotopic (exact) mass is 258 g/mol. The highest BCUT2D eigenvalue weighted by Crippen LogP contribution is 2.27. The van der Waals surface area contributed by atoms with Crippen LogP contribution in [0.2, 0.25) is 5.02 Å². The summed E-state index contributed by atoms with van der Waals surface area (Å²) in [5.74, 6) is 0. The Bertz CT molecular complexity index is 613. The van der Waals surface area contributed by atoms with Gasteiger partial charge in [-0.05, 0) is 18.2 Å². The van der Waals surface area contributed by atoms with Crippen LogP contribution in [-0.4, -0.2) is 20.6 Å². The third-order valence-electron chi connectivity index (χ3n) is 1.54. The van der Waals surface area contributed by atoms with Crippen molar-refractivity contribution in [1.29, 1.82) is 0 Å². The molecule has 8 heteroatoms. The number of halogens is 1. The first-order valence-electron chi connectivity index (χ1n) is 3.73. The van der Waals surface area contributed by atoms with Gasteiger partial charge in [0.15, 0.2) is 0 Å². The Hall–Kier alpha value is -1.78. The van der Waals surface area contributed by atoms with E-state index >= 15 is 0 Å². The van der Waals surface area contributed by atoms with Crippen molar-refractivity contribution < 1.29 is 18.0 Å². The smallest absolute Gasteiger partial charge is 0.211 e. The lowest BCUT2D eigenvalue weighted by atomic mass is 10.3. The van der Waals surface area contributed by atoms with E-state index in [0.29, 0.717) is 0 Å². The molecule has 0 unspecified atom stereocenters. The van der Waals surface area contributed by atoms with Gasteiger partial charge in [0.2, 0.25) is 6.08 Å². The molecule has 0 atom stereocenters. The first-order chi connectivity index (χ1) is 7.51. The number of nitrogens with zero attached hydrogens (tertiary/aromatic N) is 2. The molecule has 0 aromatic heterocycles. The van der Waals surface area contributed by atoms with E-state index in [0.717, 1.165) is 18.2 Å². The lowest BCUT2D eigenvalue weighted by Crippen LogP contribution is -1.95. The van der Waals surface area contributed by atoms with Gasteiger partial charge in [0.25, 0.3) is 16.1 Å². The molecule has 16 heavy (non-hydrogen) atoms. The topological polar surface area (TPSA) is 93.0 Å². The van der Waals surface area contributed by atoms with E-state index in [9.17, 15) is 18.0 Å². The minimum absolute atomic E-state index is 0.0643. The molecule has 0 aliphatic carbocycles. The molecule has 0 aliphatic heterocycles. The summed E-state index contributed by atoms with van der Waals surface area (Å²) in [7, 11) is -4.09. The van der Waals surface area contributed by atoms with E-state index in [1.165, 1.54) is 12.1 Å². The fourth-order valence-corrected chi connectivity index (χ4v) is 1.89. The standard InChI is InChI=1S/C8H3ClN2O4S/c9-7-3-6(16(14,15)11-5-13)1-2-8(7)10-4-12/h1-3H. The van der Waals surface area contributed by atoms with Gasteiger partial charge in [-0.25, -0.2) is 9.59 Å². The van der Waals surface area contributed by atoms with Gasteiger partial charge in [-0.15, -0.1) is 0 Å². The number of benzene rings is 1. The molecule has 1 aromatic carbocycles. The Morgan fingerprint density at radius 3 is 2.38 bits per heavy atom. The Morgan fingerprint density at radius 1 is 1.19 bits per heavy atom. The molecular weight excluding hydrogens is 256 g/mol. The van der Waals surface area contributed by atoms with Crippen molar-refractivity contribution in [3.63, 3.8) is 0 Å². The summed E-state index contributed by atoms with van der Waals surface area (Å²) in [6.45, 7) is 0. The molecule has 0 heterocycles. The summed E-state index contributed by atoms with van der Waals surface area (Å²) in [5.41, 5.74) is 0.0747. The third-order valence-corrected chi connectivity index (χ3v) is 3.01. The van der Waals surface area contributed by atoms with Crippen molar-refractivity contribution in [2.45, 2.75) is 4.90 Å². The molecule has 0 aliphatic rings. The van der Waals surface area contributed by atoms with E-state index < -0.39 is 10.0 Å². The summed E-state index contributed by atoms with van der Waals surface area (Å²) >= 11 is 5.64. The van der Waals surface area contributed by atoms with E-state index in [1.54, 1.807) is 0 Å². The van der Waals surface area contributed by atoms with Crippen LogP contribution in [0.15, 0.2) is 32.5 Å². The largest absolute Gasteiger partial charge is 0.292 e. The predicted octanol–water partition coefficient (Wildman–Crippen LogP) is 1.33. The fraction of sp³-hybridized carbons (Fsp3) is 0. The zero-order valence-electron chi connectivity index (χ0n) is 7.55. The molecule has 0 bridgehead atoms. The Morgan fingerprint density at radius 2 is 1.88 bits per heavy atom. The Balaban J connectivity index is 3.37. The number of sulfonamides is 1. The van der Waals surface area contributed by atoms with Gasteiger partial charge in [0.05, 0.1) is 15.6 Å². The van der Waals surface area contributed by atoms with E-state index in [1.807, 2.05) is 0 Å². The van der Waals surface area contributed by atoms with Gasteiger partial charge >= 0.3 is 0 Å². The second-order valence-electron chi connectivity index (χ2n) is 2.47. The molecule has 1 aromatic rings. The van der Waals surface area contributed by atoms with Crippen molar-refractivity contribution >= 4 is 39.5 Å². The van der Waals surface area contributed by atoms with E-state index in [-0.39, 0.29) is 15.6 Å². The van der Waals surface area contributed by atoms with Crippen LogP contribution in [0.4, 0.5) is 5.69 Å². The number of aliphatic imine (C=N–C) groups is 1. The average Bonchev–Trinajstić information content (AvgIpc) is 2.21. The van der Waals surface area contributed by atoms with Gasteiger partial charge in [-0.1, -0.05) is 16.0 Å². The zero-order valence-corrected chi connectivity index (χ0v) is 9.12. The number of hydrogen-bond acceptors (Lipinski definition) is 5. The highest BCUT2D eigenvalue weighted by molar-refractivity contribution is 7.90. The predicted molar refractivity (Wildman–Crippen MR) is 54.5 cm³/mol. The molecule has 6 nitrogen and oxygen atoms in total. The van der Waals surface area contributed by atoms with Crippen molar-refractivity contribution in [3.05, 3.63) is 23.2 Å². The second kappa shape index (κ2) is 4.83. The molecule has 0 amide bonds. The summed E-state index contributed by atoms with van der Waals surface area (Å²) in [4.78, 5) is 22.8. The van der Waals surface area contributed by atoms with Crippen molar-refractivity contribution in [2.24, 2.45) is 9.39 Å². The number of rotatable bonds is 3. The van der Waals surface area contributed by atoms with Crippen molar-refractivity contribution in [1.82, 2.24) is 0 Å². The second-order valence-corrected chi connectivity index (χ2v) is 4.49. The molecule has 0 N–H and O–H groups in total. The van der Waals surface area contributed by atoms with Crippen LogP contribution in [0.3, 0.4) is 0 Å². The van der Waals surface area contributed by atoms with Gasteiger partial charge in [0.1, 0.15) is 0 Å². The highest BCUT2D eigenvalue weighted by Gasteiger charge is 2.14. The van der Waals surface area contributed by atoms with Gasteiger partial charge < -0.3 is 0 Å². The Kier molecular flexibility index (Phi) is 3.71. The van der Waals surface area contributed by atoms with Crippen LogP contribution >= 0.6 is 11.6 Å². The maximum Gasteiger partial charge on any atom is 0.292 e. The lowest BCUT2D eigenvalue weighted by Gasteiger charge is -1.99. The zero-order chi connectivity index (χ0) is 12.2. The van der Waals surface area contributed by atoms with Gasteiger partial charge in [-0.2, -0.15) is 13.4 Å². The molecule has 0 fully saturated rings. The normalized spacial score (nSPS) is 10.1. The average molecular weight is 259 g/mol. The van der Waals surface area contributed by atoms with Gasteiger partial charge in [0, 0.05) is 0 Å². The molecule has 82 valence electrons. The van der Waals surface area contributed by atoms with Crippen LogP contribution in [-0.2, 0) is 19.6 Å². The lowest BCUT2D eigenvalue weighted by molar-refractivity contribution is 0.563. The number of hydrogen-bond donors (Lipinski definition) is 0. The maximum atomic E-state index is 11.3. The van der Waals surface area contributed by atoms with E-state index in [2.05, 4.69) is 9.39 Å².